The predicted molar refractivity (Wildman–Crippen MR) is 68.5 cm³/mol. The lowest BCUT2D eigenvalue weighted by atomic mass is 10.2. The number of hydrogen-bond donors (Lipinski definition) is 1. The molecule has 0 radical (unpaired) electrons. The molecule has 2 rings (SSSR count). The average molecular weight is 289 g/mol. The number of nitrogens with one attached hydrogen (secondary N) is 1. The van der Waals surface area contributed by atoms with E-state index in [9.17, 15) is 13.2 Å². The summed E-state index contributed by atoms with van der Waals surface area (Å²) in [6.45, 7) is 1.74. The van der Waals surface area contributed by atoms with Gasteiger partial charge in [-0.05, 0) is 25.5 Å². The molecule has 2 heterocycles. The van der Waals surface area contributed by atoms with Crippen molar-refractivity contribution in [1.29, 1.82) is 0 Å². The highest BCUT2D eigenvalue weighted by Gasteiger charge is 2.29. The highest BCUT2D eigenvalue weighted by Crippen LogP contribution is 2.14. The summed E-state index contributed by atoms with van der Waals surface area (Å²) >= 11 is 5.77. The topological polar surface area (TPSA) is 76.1 Å². The molecule has 1 fully saturated rings. The summed E-state index contributed by atoms with van der Waals surface area (Å²) in [7, 11) is -2.99. The third-order valence-corrected chi connectivity index (χ3v) is 4.71. The first-order chi connectivity index (χ1) is 8.35. The van der Waals surface area contributed by atoms with Crippen LogP contribution >= 0.6 is 11.6 Å². The van der Waals surface area contributed by atoms with Crippen LogP contribution in [0, 0.1) is 6.92 Å². The average Bonchev–Trinajstić information content (AvgIpc) is 2.56. The first-order valence-corrected chi connectivity index (χ1v) is 7.71. The quantitative estimate of drug-likeness (QED) is 0.823. The number of aromatic nitrogens is 1. The zero-order valence-electron chi connectivity index (χ0n) is 9.81. The molecule has 7 heteroatoms. The molecule has 1 aliphatic rings. The molecule has 0 bridgehead atoms. The van der Waals surface area contributed by atoms with E-state index in [0.717, 1.165) is 0 Å². The lowest BCUT2D eigenvalue weighted by Gasteiger charge is -2.11. The summed E-state index contributed by atoms with van der Waals surface area (Å²) < 4.78 is 22.6. The van der Waals surface area contributed by atoms with Gasteiger partial charge in [0, 0.05) is 17.3 Å². The van der Waals surface area contributed by atoms with Gasteiger partial charge in [-0.15, -0.1) is 0 Å². The van der Waals surface area contributed by atoms with Gasteiger partial charge >= 0.3 is 0 Å². The van der Waals surface area contributed by atoms with Crippen LogP contribution in [0.4, 0.5) is 0 Å². The molecule has 1 aromatic rings. The Hall–Kier alpha value is -1.14. The molecule has 1 aromatic heterocycles. The van der Waals surface area contributed by atoms with E-state index in [4.69, 9.17) is 11.6 Å². The molecule has 1 N–H and O–H groups in total. The van der Waals surface area contributed by atoms with Crippen LogP contribution in [0.1, 0.15) is 22.5 Å². The minimum Gasteiger partial charge on any atom is -0.348 e. The Balaban J connectivity index is 2.08. The van der Waals surface area contributed by atoms with Crippen molar-refractivity contribution in [1.82, 2.24) is 10.3 Å². The van der Waals surface area contributed by atoms with Gasteiger partial charge in [-0.25, -0.2) is 13.4 Å². The van der Waals surface area contributed by atoms with E-state index in [1.54, 1.807) is 13.0 Å². The normalized spacial score (nSPS) is 21.8. The fourth-order valence-electron chi connectivity index (χ4n) is 1.94. The molecule has 0 spiro atoms. The maximum atomic E-state index is 11.9. The molecular formula is C11H13ClN2O3S. The third kappa shape index (κ3) is 3.20. The van der Waals surface area contributed by atoms with Crippen molar-refractivity contribution in [2.75, 3.05) is 11.5 Å². The van der Waals surface area contributed by atoms with Crippen LogP contribution in [0.2, 0.25) is 5.15 Å². The highest BCUT2D eigenvalue weighted by molar-refractivity contribution is 7.91. The zero-order valence-corrected chi connectivity index (χ0v) is 11.4. The van der Waals surface area contributed by atoms with Crippen LogP contribution in [0.3, 0.4) is 0 Å². The van der Waals surface area contributed by atoms with Crippen molar-refractivity contribution < 1.29 is 13.2 Å². The van der Waals surface area contributed by atoms with Crippen LogP contribution in [0.15, 0.2) is 12.1 Å². The number of pyridine rings is 1. The molecule has 1 aliphatic heterocycles. The van der Waals surface area contributed by atoms with Gasteiger partial charge in [0.05, 0.1) is 11.5 Å². The Bertz CT molecular complexity index is 566. The number of amides is 1. The summed E-state index contributed by atoms with van der Waals surface area (Å²) in [6, 6.07) is 2.77. The highest BCUT2D eigenvalue weighted by atomic mass is 35.5. The standard InChI is InChI=1S/C11H13ClN2O3S/c1-7-4-8(5-10(12)13-7)11(15)14-9-2-3-18(16,17)6-9/h4-5,9H,2-3,6H2,1H3,(H,14,15). The molecule has 98 valence electrons. The largest absolute Gasteiger partial charge is 0.348 e. The Kier molecular flexibility index (Phi) is 3.59. The number of hydrogen-bond acceptors (Lipinski definition) is 4. The van der Waals surface area contributed by atoms with E-state index < -0.39 is 9.84 Å². The SMILES string of the molecule is Cc1cc(C(=O)NC2CCS(=O)(=O)C2)cc(Cl)n1. The van der Waals surface area contributed by atoms with Crippen LogP contribution in [0.25, 0.3) is 0 Å². The first kappa shape index (κ1) is 13.3. The molecule has 18 heavy (non-hydrogen) atoms. The molecule has 1 saturated heterocycles. The van der Waals surface area contributed by atoms with Gasteiger partial charge in [0.1, 0.15) is 5.15 Å². The van der Waals surface area contributed by atoms with Crippen LogP contribution in [0.5, 0.6) is 0 Å². The summed E-state index contributed by atoms with van der Waals surface area (Å²) in [6.07, 6.45) is 0.464. The Morgan fingerprint density at radius 1 is 1.50 bits per heavy atom. The van der Waals surface area contributed by atoms with Gasteiger partial charge in [-0.2, -0.15) is 0 Å². The third-order valence-electron chi connectivity index (χ3n) is 2.75. The Labute approximate surface area is 110 Å². The Morgan fingerprint density at radius 2 is 2.22 bits per heavy atom. The molecule has 1 amide bonds. The molecule has 0 aliphatic carbocycles. The van der Waals surface area contributed by atoms with Crippen LogP contribution < -0.4 is 5.32 Å². The van der Waals surface area contributed by atoms with Crippen LogP contribution in [-0.4, -0.2) is 36.9 Å². The summed E-state index contributed by atoms with van der Waals surface area (Å²) in [5, 5.41) is 2.95. The number of rotatable bonds is 2. The van der Waals surface area contributed by atoms with E-state index in [2.05, 4.69) is 10.3 Å². The maximum Gasteiger partial charge on any atom is 0.251 e. The number of carbonyl (C=O) groups excluding carboxylic acids is 1. The van der Waals surface area contributed by atoms with Crippen molar-refractivity contribution in [3.05, 3.63) is 28.5 Å². The second-order valence-corrected chi connectivity index (χ2v) is 7.01. The van der Waals surface area contributed by atoms with Gasteiger partial charge in [0.25, 0.3) is 5.91 Å². The minimum atomic E-state index is -2.99. The monoisotopic (exact) mass is 288 g/mol. The van der Waals surface area contributed by atoms with E-state index in [1.165, 1.54) is 6.07 Å². The second kappa shape index (κ2) is 4.85. The Morgan fingerprint density at radius 3 is 2.78 bits per heavy atom. The summed E-state index contributed by atoms with van der Waals surface area (Å²) in [5.41, 5.74) is 1.04. The van der Waals surface area contributed by atoms with Crippen LogP contribution in [-0.2, 0) is 9.84 Å². The molecule has 5 nitrogen and oxygen atoms in total. The van der Waals surface area contributed by atoms with E-state index in [1.807, 2.05) is 0 Å². The number of halogens is 1. The summed E-state index contributed by atoms with van der Waals surface area (Å²) in [5.74, 6) is -0.172. The minimum absolute atomic E-state index is 0.0105. The number of sulfone groups is 1. The molecule has 1 atom stereocenters. The fraction of sp³-hybridized carbons (Fsp3) is 0.455. The van der Waals surface area contributed by atoms with Crippen molar-refractivity contribution >= 4 is 27.3 Å². The lowest BCUT2D eigenvalue weighted by molar-refractivity contribution is 0.0941. The zero-order chi connectivity index (χ0) is 13.3. The van der Waals surface area contributed by atoms with E-state index >= 15 is 0 Å². The van der Waals surface area contributed by atoms with Gasteiger partial charge in [0.2, 0.25) is 0 Å². The van der Waals surface area contributed by atoms with Gasteiger partial charge in [0.15, 0.2) is 9.84 Å². The van der Waals surface area contributed by atoms with Gasteiger partial charge in [-0.1, -0.05) is 11.6 Å². The number of carbonyl (C=O) groups is 1. The first-order valence-electron chi connectivity index (χ1n) is 5.51. The lowest BCUT2D eigenvalue weighted by Crippen LogP contribution is -2.35. The van der Waals surface area contributed by atoms with Crippen molar-refractivity contribution in [3.63, 3.8) is 0 Å². The molecule has 0 aromatic carbocycles. The van der Waals surface area contributed by atoms with Gasteiger partial charge < -0.3 is 5.32 Å². The second-order valence-electron chi connectivity index (χ2n) is 4.39. The summed E-state index contributed by atoms with van der Waals surface area (Å²) in [4.78, 5) is 15.9. The van der Waals surface area contributed by atoms with Gasteiger partial charge in [-0.3, -0.25) is 4.79 Å². The smallest absolute Gasteiger partial charge is 0.251 e. The van der Waals surface area contributed by atoms with Crippen molar-refractivity contribution in [2.45, 2.75) is 19.4 Å². The predicted octanol–water partition coefficient (Wildman–Crippen LogP) is 0.960. The maximum absolute atomic E-state index is 11.9. The molecule has 1 unspecified atom stereocenters. The number of nitrogens with zero attached hydrogens (tertiary/aromatic N) is 1. The van der Waals surface area contributed by atoms with Crippen molar-refractivity contribution in [3.8, 4) is 0 Å². The molecule has 0 saturated carbocycles. The fourth-order valence-corrected chi connectivity index (χ4v) is 3.86. The van der Waals surface area contributed by atoms with E-state index in [-0.39, 0.29) is 28.6 Å². The molecular weight excluding hydrogens is 276 g/mol. The number of aryl methyl sites for hydroxylation is 1. The van der Waals surface area contributed by atoms with E-state index in [0.29, 0.717) is 17.7 Å². The van der Waals surface area contributed by atoms with Crippen molar-refractivity contribution in [2.24, 2.45) is 0 Å².